The smallest absolute Gasteiger partial charge is 0.0249 e. The quantitative estimate of drug-likeness (QED) is 0.643. The van der Waals surface area contributed by atoms with Gasteiger partial charge in [0.1, 0.15) is 0 Å². The van der Waals surface area contributed by atoms with Gasteiger partial charge in [-0.3, -0.25) is 9.11 Å². The van der Waals surface area contributed by atoms with E-state index in [-0.39, 0.29) is 0 Å². The van der Waals surface area contributed by atoms with Gasteiger partial charge in [-0.15, -0.1) is 0 Å². The number of nitrogens with zero attached hydrogens (tertiary/aromatic N) is 1. The molecule has 13 heavy (non-hydrogen) atoms. The van der Waals surface area contributed by atoms with Crippen molar-refractivity contribution in [1.82, 2.24) is 4.90 Å². The Morgan fingerprint density at radius 2 is 2.08 bits per heavy atom. The summed E-state index contributed by atoms with van der Waals surface area (Å²) >= 11 is 0. The minimum atomic E-state index is -0.539. The van der Waals surface area contributed by atoms with Gasteiger partial charge in [-0.05, 0) is 26.8 Å². The Hall–Kier alpha value is -0.150. The van der Waals surface area contributed by atoms with E-state index in [2.05, 4.69) is 25.5 Å². The molecule has 0 unspecified atom stereocenters. The molecule has 1 rings (SSSR count). The van der Waals surface area contributed by atoms with Crippen molar-refractivity contribution >= 4 is 10.8 Å². The van der Waals surface area contributed by atoms with Crippen LogP contribution in [-0.2, 0) is 10.8 Å². The van der Waals surface area contributed by atoms with Crippen LogP contribution in [0.2, 0.25) is 0 Å². The fourth-order valence-electron chi connectivity index (χ4n) is 1.78. The molecule has 0 radical (unpaired) electrons. The highest BCUT2D eigenvalue weighted by Crippen LogP contribution is 2.15. The van der Waals surface area contributed by atoms with Crippen molar-refractivity contribution in [2.45, 2.75) is 25.8 Å². The molecule has 0 saturated carbocycles. The van der Waals surface area contributed by atoms with Crippen molar-refractivity contribution in [1.29, 1.82) is 0 Å². The molecule has 3 heteroatoms. The Labute approximate surface area is 83.5 Å². The molecule has 0 N–H and O–H groups in total. The molecular formula is C10H19NOS. The van der Waals surface area contributed by atoms with Gasteiger partial charge in [0.25, 0.3) is 0 Å². The van der Waals surface area contributed by atoms with Crippen LogP contribution >= 0.6 is 0 Å². The minimum absolute atomic E-state index is 0.539. The summed E-state index contributed by atoms with van der Waals surface area (Å²) in [5.74, 6) is 1.76. The molecule has 0 aliphatic carbocycles. The maximum Gasteiger partial charge on any atom is 0.0249 e. The first-order valence-electron chi connectivity index (χ1n) is 4.79. The van der Waals surface area contributed by atoms with Crippen LogP contribution in [0.3, 0.4) is 0 Å². The lowest BCUT2D eigenvalue weighted by Crippen LogP contribution is -2.38. The molecule has 1 saturated heterocycles. The normalized spacial score (nSPS) is 29.2. The van der Waals surface area contributed by atoms with Crippen LogP contribution in [0.4, 0.5) is 0 Å². The van der Waals surface area contributed by atoms with Crippen molar-refractivity contribution in [3.63, 3.8) is 0 Å². The van der Waals surface area contributed by atoms with Crippen LogP contribution in [0.1, 0.15) is 19.8 Å². The number of likely N-dealkylation sites (N-methyl/N-ethyl adjacent to an activating group) is 1. The lowest BCUT2D eigenvalue weighted by atomic mass is 10.1. The molecule has 0 aromatic rings. The molecule has 0 atom stereocenters. The zero-order chi connectivity index (χ0) is 9.84. The van der Waals surface area contributed by atoms with Gasteiger partial charge in [0.05, 0.1) is 0 Å². The van der Waals surface area contributed by atoms with Gasteiger partial charge >= 0.3 is 0 Å². The average Bonchev–Trinajstić information content (AvgIpc) is 2.04. The highest BCUT2D eigenvalue weighted by atomic mass is 32.2. The van der Waals surface area contributed by atoms with E-state index in [0.29, 0.717) is 6.04 Å². The molecule has 0 aromatic carbocycles. The Balaban J connectivity index is 2.35. The third-order valence-electron chi connectivity index (χ3n) is 2.50. The van der Waals surface area contributed by atoms with Crippen LogP contribution in [-0.4, -0.2) is 40.2 Å². The minimum Gasteiger partial charge on any atom is -0.299 e. The maximum absolute atomic E-state index is 11.1. The van der Waals surface area contributed by atoms with Crippen molar-refractivity contribution in [3.05, 3.63) is 12.2 Å². The molecular weight excluding hydrogens is 182 g/mol. The van der Waals surface area contributed by atoms with Crippen LogP contribution < -0.4 is 0 Å². The van der Waals surface area contributed by atoms with Gasteiger partial charge in [-0.25, -0.2) is 0 Å². The van der Waals surface area contributed by atoms with E-state index in [1.54, 1.807) is 0 Å². The monoisotopic (exact) mass is 201 g/mol. The summed E-state index contributed by atoms with van der Waals surface area (Å²) in [7, 11) is 1.59. The van der Waals surface area contributed by atoms with Crippen molar-refractivity contribution in [2.24, 2.45) is 0 Å². The van der Waals surface area contributed by atoms with E-state index in [4.69, 9.17) is 0 Å². The summed E-state index contributed by atoms with van der Waals surface area (Å²) in [4.78, 5) is 2.33. The van der Waals surface area contributed by atoms with E-state index in [1.165, 1.54) is 5.57 Å². The van der Waals surface area contributed by atoms with E-state index >= 15 is 0 Å². The van der Waals surface area contributed by atoms with Gasteiger partial charge in [-0.1, -0.05) is 12.2 Å². The SMILES string of the molecule is C=C(C)CN(C)C1CCS(=O)CC1. The first-order valence-corrected chi connectivity index (χ1v) is 6.28. The maximum atomic E-state index is 11.1. The highest BCUT2D eigenvalue weighted by molar-refractivity contribution is 7.85. The first-order chi connectivity index (χ1) is 6.09. The average molecular weight is 201 g/mol. The van der Waals surface area contributed by atoms with Gasteiger partial charge in [-0.2, -0.15) is 0 Å². The van der Waals surface area contributed by atoms with Crippen LogP contribution in [0.15, 0.2) is 12.2 Å². The second-order valence-electron chi connectivity index (χ2n) is 3.95. The zero-order valence-corrected chi connectivity index (χ0v) is 9.40. The van der Waals surface area contributed by atoms with Crippen molar-refractivity contribution in [3.8, 4) is 0 Å². The first kappa shape index (κ1) is 10.9. The fourth-order valence-corrected chi connectivity index (χ4v) is 3.05. The lowest BCUT2D eigenvalue weighted by Gasteiger charge is -2.30. The van der Waals surface area contributed by atoms with E-state index in [0.717, 1.165) is 30.9 Å². The van der Waals surface area contributed by atoms with E-state index in [1.807, 2.05) is 0 Å². The van der Waals surface area contributed by atoms with Gasteiger partial charge in [0, 0.05) is 34.9 Å². The highest BCUT2D eigenvalue weighted by Gasteiger charge is 2.20. The lowest BCUT2D eigenvalue weighted by molar-refractivity contribution is 0.246. The fraction of sp³-hybridized carbons (Fsp3) is 0.800. The Kier molecular flexibility index (Phi) is 4.13. The standard InChI is InChI=1S/C10H19NOS/c1-9(2)8-11(3)10-4-6-13(12)7-5-10/h10H,1,4-8H2,2-3H3. The van der Waals surface area contributed by atoms with E-state index in [9.17, 15) is 4.21 Å². The summed E-state index contributed by atoms with van der Waals surface area (Å²) in [6, 6.07) is 0.620. The number of hydrogen-bond donors (Lipinski definition) is 0. The molecule has 0 amide bonds. The molecule has 1 heterocycles. The van der Waals surface area contributed by atoms with Crippen molar-refractivity contribution in [2.75, 3.05) is 25.1 Å². The Morgan fingerprint density at radius 3 is 2.54 bits per heavy atom. The van der Waals surface area contributed by atoms with Crippen LogP contribution in [0, 0.1) is 0 Å². The number of rotatable bonds is 3. The van der Waals surface area contributed by atoms with Crippen LogP contribution in [0.5, 0.6) is 0 Å². The predicted molar refractivity (Wildman–Crippen MR) is 58.3 cm³/mol. The molecule has 0 spiro atoms. The molecule has 1 aliphatic rings. The summed E-state index contributed by atoms with van der Waals surface area (Å²) in [6.45, 7) is 6.93. The predicted octanol–water partition coefficient (Wildman–Crippen LogP) is 1.41. The zero-order valence-electron chi connectivity index (χ0n) is 8.58. The van der Waals surface area contributed by atoms with Crippen molar-refractivity contribution < 1.29 is 4.21 Å². The molecule has 0 aromatic heterocycles. The Bertz CT molecular complexity index is 205. The van der Waals surface area contributed by atoms with E-state index < -0.39 is 10.8 Å². The summed E-state index contributed by atoms with van der Waals surface area (Å²) in [6.07, 6.45) is 2.16. The molecule has 2 nitrogen and oxygen atoms in total. The summed E-state index contributed by atoms with van der Waals surface area (Å²) < 4.78 is 11.1. The molecule has 0 bridgehead atoms. The summed E-state index contributed by atoms with van der Waals surface area (Å²) in [5.41, 5.74) is 1.20. The van der Waals surface area contributed by atoms with Gasteiger partial charge in [0.2, 0.25) is 0 Å². The molecule has 1 fully saturated rings. The van der Waals surface area contributed by atoms with Crippen LogP contribution in [0.25, 0.3) is 0 Å². The number of hydrogen-bond acceptors (Lipinski definition) is 2. The third-order valence-corrected chi connectivity index (χ3v) is 3.88. The molecule has 1 aliphatic heterocycles. The second kappa shape index (κ2) is 4.91. The topological polar surface area (TPSA) is 20.3 Å². The Morgan fingerprint density at radius 1 is 1.54 bits per heavy atom. The van der Waals surface area contributed by atoms with Gasteiger partial charge < -0.3 is 0 Å². The summed E-state index contributed by atoms with van der Waals surface area (Å²) in [5, 5.41) is 0. The van der Waals surface area contributed by atoms with Gasteiger partial charge in [0.15, 0.2) is 0 Å². The third kappa shape index (κ3) is 3.61. The largest absolute Gasteiger partial charge is 0.299 e. The second-order valence-corrected chi connectivity index (χ2v) is 5.65. The molecule has 76 valence electrons.